The molecule has 0 aliphatic carbocycles. The Hall–Kier alpha value is -2.18. The molecule has 4 nitrogen and oxygen atoms in total. The lowest BCUT2D eigenvalue weighted by Gasteiger charge is -2.18. The lowest BCUT2D eigenvalue weighted by molar-refractivity contribution is 0.0945. The molecule has 0 saturated heterocycles. The fraction of sp³-hybridized carbons (Fsp3) is 0.125. The number of nitrogens with one attached hydrogen (secondary N) is 1. The summed E-state index contributed by atoms with van der Waals surface area (Å²) in [6.45, 7) is 0.280. The Bertz CT molecular complexity index is 735. The van der Waals surface area contributed by atoms with Crippen LogP contribution in [0.3, 0.4) is 0 Å². The zero-order valence-corrected chi connectivity index (χ0v) is 13.5. The third-order valence-corrected chi connectivity index (χ3v) is 4.43. The number of amides is 1. The van der Waals surface area contributed by atoms with Gasteiger partial charge in [-0.1, -0.05) is 17.7 Å². The molecule has 1 N–H and O–H groups in total. The molecule has 1 amide bonds. The van der Waals surface area contributed by atoms with Crippen LogP contribution in [0.4, 0.5) is 4.39 Å². The lowest BCUT2D eigenvalue weighted by Crippen LogP contribution is -2.32. The number of hydrogen-bond acceptors (Lipinski definition) is 3. The van der Waals surface area contributed by atoms with Gasteiger partial charge >= 0.3 is 0 Å². The third kappa shape index (κ3) is 3.43. The molecule has 0 bridgehead atoms. The van der Waals surface area contributed by atoms with E-state index in [9.17, 15) is 9.18 Å². The second-order valence-corrected chi connectivity index (χ2v) is 6.05. The van der Waals surface area contributed by atoms with Crippen molar-refractivity contribution in [2.75, 3.05) is 6.54 Å². The minimum absolute atomic E-state index is 0.0914. The number of benzene rings is 1. The summed E-state index contributed by atoms with van der Waals surface area (Å²) in [7, 11) is 0. The molecule has 0 aliphatic rings. The molecule has 0 saturated carbocycles. The predicted octanol–water partition coefficient (Wildman–Crippen LogP) is 3.76. The van der Waals surface area contributed by atoms with Crippen molar-refractivity contribution in [3.63, 3.8) is 0 Å². The Morgan fingerprint density at radius 1 is 1.39 bits per heavy atom. The summed E-state index contributed by atoms with van der Waals surface area (Å²) < 4.78 is 15.6. The van der Waals surface area contributed by atoms with Gasteiger partial charge < -0.3 is 5.32 Å². The molecule has 0 radical (unpaired) electrons. The number of nitrogens with zero attached hydrogens (tertiary/aromatic N) is 2. The van der Waals surface area contributed by atoms with Gasteiger partial charge in [0, 0.05) is 18.9 Å². The molecule has 2 heterocycles. The largest absolute Gasteiger partial charge is 0.349 e. The summed E-state index contributed by atoms with van der Waals surface area (Å²) in [4.78, 5) is 12.3. The van der Waals surface area contributed by atoms with E-state index >= 15 is 0 Å². The number of carbonyl (C=O) groups is 1. The topological polar surface area (TPSA) is 46.9 Å². The predicted molar refractivity (Wildman–Crippen MR) is 88.4 cm³/mol. The summed E-state index contributed by atoms with van der Waals surface area (Å²) in [5, 5.41) is 11.0. The van der Waals surface area contributed by atoms with Crippen molar-refractivity contribution < 1.29 is 9.18 Å². The molecular formula is C16H13ClFN3OS. The summed E-state index contributed by atoms with van der Waals surface area (Å²) >= 11 is 7.49. The summed E-state index contributed by atoms with van der Waals surface area (Å²) in [6, 6.07) is 7.79. The van der Waals surface area contributed by atoms with Crippen LogP contribution in [-0.4, -0.2) is 22.2 Å². The van der Waals surface area contributed by atoms with Gasteiger partial charge in [0.15, 0.2) is 0 Å². The van der Waals surface area contributed by atoms with E-state index in [1.807, 2.05) is 29.1 Å². The van der Waals surface area contributed by atoms with Gasteiger partial charge in [0.05, 0.1) is 16.6 Å². The number of rotatable bonds is 5. The minimum Gasteiger partial charge on any atom is -0.349 e. The Balaban J connectivity index is 1.78. The summed E-state index contributed by atoms with van der Waals surface area (Å²) in [5.41, 5.74) is 0.886. The van der Waals surface area contributed by atoms with E-state index in [1.165, 1.54) is 18.2 Å². The smallest absolute Gasteiger partial charge is 0.255 e. The van der Waals surface area contributed by atoms with Crippen molar-refractivity contribution >= 4 is 28.8 Å². The quantitative estimate of drug-likeness (QED) is 0.762. The first-order chi connectivity index (χ1) is 11.2. The van der Waals surface area contributed by atoms with Crippen LogP contribution in [0.5, 0.6) is 0 Å². The second kappa shape index (κ2) is 6.93. The second-order valence-electron chi connectivity index (χ2n) is 4.87. The SMILES string of the molecule is O=C(NC[C@H](c1ccsc1)n1cccn1)c1c(F)cccc1Cl. The van der Waals surface area contributed by atoms with Crippen LogP contribution >= 0.6 is 22.9 Å². The first-order valence-corrected chi connectivity index (χ1v) is 8.22. The van der Waals surface area contributed by atoms with E-state index in [0.717, 1.165) is 5.56 Å². The van der Waals surface area contributed by atoms with Gasteiger partial charge in [-0.15, -0.1) is 0 Å². The van der Waals surface area contributed by atoms with Gasteiger partial charge in [-0.3, -0.25) is 9.48 Å². The number of thiophene rings is 1. The Morgan fingerprint density at radius 3 is 2.91 bits per heavy atom. The maximum Gasteiger partial charge on any atom is 0.255 e. The molecule has 1 aromatic carbocycles. The van der Waals surface area contributed by atoms with Gasteiger partial charge in [-0.2, -0.15) is 16.4 Å². The molecule has 23 heavy (non-hydrogen) atoms. The van der Waals surface area contributed by atoms with Crippen molar-refractivity contribution in [3.05, 3.63) is 75.5 Å². The van der Waals surface area contributed by atoms with Gasteiger partial charge in [0.25, 0.3) is 5.91 Å². The van der Waals surface area contributed by atoms with Gasteiger partial charge in [0.1, 0.15) is 5.82 Å². The molecule has 1 atom stereocenters. The van der Waals surface area contributed by atoms with E-state index in [1.54, 1.807) is 22.2 Å². The van der Waals surface area contributed by atoms with Crippen LogP contribution in [0.2, 0.25) is 5.02 Å². The fourth-order valence-electron chi connectivity index (χ4n) is 2.29. The molecule has 3 rings (SSSR count). The van der Waals surface area contributed by atoms with Crippen LogP contribution in [0.25, 0.3) is 0 Å². The van der Waals surface area contributed by atoms with Crippen molar-refractivity contribution in [1.82, 2.24) is 15.1 Å². The maximum atomic E-state index is 13.8. The minimum atomic E-state index is -0.638. The standard InChI is InChI=1S/C16H13ClFN3OS/c17-12-3-1-4-13(18)15(12)16(22)19-9-14(11-5-8-23-10-11)21-7-2-6-20-21/h1-8,10,14H,9H2,(H,19,22)/t14-/m1/s1. The number of halogens is 2. The molecule has 118 valence electrons. The Labute approximate surface area is 141 Å². The van der Waals surface area contributed by atoms with Gasteiger partial charge in [-0.05, 0) is 40.6 Å². The lowest BCUT2D eigenvalue weighted by atomic mass is 10.1. The summed E-state index contributed by atoms with van der Waals surface area (Å²) in [5.74, 6) is -1.18. The molecule has 0 fully saturated rings. The van der Waals surface area contributed by atoms with E-state index in [0.29, 0.717) is 0 Å². The molecular weight excluding hydrogens is 337 g/mol. The van der Waals surface area contributed by atoms with E-state index in [2.05, 4.69) is 10.4 Å². The molecule has 0 aliphatic heterocycles. The Morgan fingerprint density at radius 2 is 2.26 bits per heavy atom. The van der Waals surface area contributed by atoms with E-state index in [-0.39, 0.29) is 23.2 Å². The first-order valence-electron chi connectivity index (χ1n) is 6.90. The fourth-order valence-corrected chi connectivity index (χ4v) is 3.24. The highest BCUT2D eigenvalue weighted by Gasteiger charge is 2.19. The molecule has 0 spiro atoms. The monoisotopic (exact) mass is 349 g/mol. The highest BCUT2D eigenvalue weighted by atomic mass is 35.5. The van der Waals surface area contributed by atoms with E-state index < -0.39 is 11.7 Å². The number of carbonyl (C=O) groups excluding carboxylic acids is 1. The number of aromatic nitrogens is 2. The third-order valence-electron chi connectivity index (χ3n) is 3.42. The average molecular weight is 350 g/mol. The van der Waals surface area contributed by atoms with Crippen LogP contribution in [0.1, 0.15) is 22.0 Å². The van der Waals surface area contributed by atoms with Crippen molar-refractivity contribution in [3.8, 4) is 0 Å². The van der Waals surface area contributed by atoms with Crippen molar-refractivity contribution in [1.29, 1.82) is 0 Å². The first kappa shape index (κ1) is 15.7. The van der Waals surface area contributed by atoms with E-state index in [4.69, 9.17) is 11.6 Å². The highest BCUT2D eigenvalue weighted by Crippen LogP contribution is 2.21. The average Bonchev–Trinajstić information content (AvgIpc) is 3.21. The summed E-state index contributed by atoms with van der Waals surface area (Å²) in [6.07, 6.45) is 3.50. The zero-order valence-electron chi connectivity index (χ0n) is 11.9. The molecule has 3 aromatic rings. The van der Waals surface area contributed by atoms with Crippen LogP contribution < -0.4 is 5.32 Å². The van der Waals surface area contributed by atoms with Crippen molar-refractivity contribution in [2.24, 2.45) is 0 Å². The molecule has 2 aromatic heterocycles. The van der Waals surface area contributed by atoms with Gasteiger partial charge in [0.2, 0.25) is 0 Å². The highest BCUT2D eigenvalue weighted by molar-refractivity contribution is 7.07. The number of hydrogen-bond donors (Lipinski definition) is 1. The normalized spacial score (nSPS) is 12.1. The molecule has 7 heteroatoms. The van der Waals surface area contributed by atoms with Crippen LogP contribution in [0, 0.1) is 5.82 Å². The van der Waals surface area contributed by atoms with Crippen molar-refractivity contribution in [2.45, 2.75) is 6.04 Å². The maximum absolute atomic E-state index is 13.8. The molecule has 0 unspecified atom stereocenters. The van der Waals surface area contributed by atoms with Crippen LogP contribution in [0.15, 0.2) is 53.5 Å². The van der Waals surface area contributed by atoms with Gasteiger partial charge in [-0.25, -0.2) is 4.39 Å². The Kier molecular flexibility index (Phi) is 4.73. The zero-order chi connectivity index (χ0) is 16.2. The van der Waals surface area contributed by atoms with Crippen LogP contribution in [-0.2, 0) is 0 Å².